The molecule has 0 amide bonds. The van der Waals surface area contributed by atoms with Crippen LogP contribution in [0.15, 0.2) is 18.3 Å². The molecule has 1 fully saturated rings. The van der Waals surface area contributed by atoms with Crippen LogP contribution >= 0.6 is 0 Å². The SMILES string of the molecule is CCC(C)N1CCOC(c2ccnc(C)c2)C1. The summed E-state index contributed by atoms with van der Waals surface area (Å²) >= 11 is 0. The van der Waals surface area contributed by atoms with Crippen molar-refractivity contribution >= 4 is 0 Å². The fourth-order valence-corrected chi connectivity index (χ4v) is 2.30. The molecule has 0 bridgehead atoms. The molecule has 3 heteroatoms. The van der Waals surface area contributed by atoms with Gasteiger partial charge in [0.05, 0.1) is 12.7 Å². The Labute approximate surface area is 104 Å². The van der Waals surface area contributed by atoms with E-state index in [0.29, 0.717) is 6.04 Å². The molecule has 1 aromatic rings. The third-order valence-corrected chi connectivity index (χ3v) is 3.60. The van der Waals surface area contributed by atoms with Gasteiger partial charge in [-0.1, -0.05) is 6.92 Å². The molecule has 0 aromatic carbocycles. The molecule has 2 unspecified atom stereocenters. The summed E-state index contributed by atoms with van der Waals surface area (Å²) in [5.74, 6) is 0. The van der Waals surface area contributed by atoms with E-state index in [9.17, 15) is 0 Å². The molecule has 0 saturated carbocycles. The Morgan fingerprint density at radius 3 is 3.12 bits per heavy atom. The van der Waals surface area contributed by atoms with Gasteiger partial charge in [-0.2, -0.15) is 0 Å². The topological polar surface area (TPSA) is 25.4 Å². The van der Waals surface area contributed by atoms with E-state index in [-0.39, 0.29) is 6.10 Å². The Morgan fingerprint density at radius 2 is 2.41 bits per heavy atom. The standard InChI is InChI=1S/C14H22N2O/c1-4-12(3)16-7-8-17-14(10-16)13-5-6-15-11(2)9-13/h5-6,9,12,14H,4,7-8,10H2,1-3H3. The first-order valence-corrected chi connectivity index (χ1v) is 6.49. The van der Waals surface area contributed by atoms with Gasteiger partial charge in [0.2, 0.25) is 0 Å². The van der Waals surface area contributed by atoms with Crippen molar-refractivity contribution in [2.45, 2.75) is 39.3 Å². The van der Waals surface area contributed by atoms with Crippen LogP contribution in [-0.4, -0.2) is 35.6 Å². The third kappa shape index (κ3) is 3.05. The summed E-state index contributed by atoms with van der Waals surface area (Å²) < 4.78 is 5.87. The minimum Gasteiger partial charge on any atom is -0.371 e. The average molecular weight is 234 g/mol. The largest absolute Gasteiger partial charge is 0.371 e. The first kappa shape index (κ1) is 12.5. The molecule has 3 nitrogen and oxygen atoms in total. The van der Waals surface area contributed by atoms with E-state index < -0.39 is 0 Å². The van der Waals surface area contributed by atoms with E-state index in [1.807, 2.05) is 13.1 Å². The Bertz CT molecular complexity index is 367. The van der Waals surface area contributed by atoms with Crippen LogP contribution in [-0.2, 0) is 4.74 Å². The predicted molar refractivity (Wildman–Crippen MR) is 69.0 cm³/mol. The van der Waals surface area contributed by atoms with E-state index in [2.05, 4.69) is 35.9 Å². The quantitative estimate of drug-likeness (QED) is 0.803. The van der Waals surface area contributed by atoms with E-state index in [4.69, 9.17) is 4.74 Å². The van der Waals surface area contributed by atoms with Crippen LogP contribution in [0.2, 0.25) is 0 Å². The molecule has 2 rings (SSSR count). The van der Waals surface area contributed by atoms with Crippen molar-refractivity contribution in [3.05, 3.63) is 29.6 Å². The lowest BCUT2D eigenvalue weighted by atomic mass is 10.1. The lowest BCUT2D eigenvalue weighted by Crippen LogP contribution is -2.43. The van der Waals surface area contributed by atoms with Crippen molar-refractivity contribution in [3.63, 3.8) is 0 Å². The van der Waals surface area contributed by atoms with E-state index in [1.54, 1.807) is 0 Å². The summed E-state index contributed by atoms with van der Waals surface area (Å²) in [5, 5.41) is 0. The van der Waals surface area contributed by atoms with Crippen LogP contribution < -0.4 is 0 Å². The lowest BCUT2D eigenvalue weighted by molar-refractivity contribution is -0.0430. The number of morpholine rings is 1. The Hall–Kier alpha value is -0.930. The highest BCUT2D eigenvalue weighted by atomic mass is 16.5. The fraction of sp³-hybridized carbons (Fsp3) is 0.643. The molecule has 17 heavy (non-hydrogen) atoms. The molecule has 0 N–H and O–H groups in total. The zero-order valence-electron chi connectivity index (χ0n) is 11.0. The van der Waals surface area contributed by atoms with E-state index >= 15 is 0 Å². The van der Waals surface area contributed by atoms with Crippen molar-refractivity contribution in [1.82, 2.24) is 9.88 Å². The molecule has 1 aromatic heterocycles. The molecule has 94 valence electrons. The number of hydrogen-bond acceptors (Lipinski definition) is 3. The first-order valence-electron chi connectivity index (χ1n) is 6.49. The second kappa shape index (κ2) is 5.61. The molecule has 0 aliphatic carbocycles. The molecule has 1 aliphatic rings. The number of rotatable bonds is 3. The van der Waals surface area contributed by atoms with Crippen LogP contribution in [0.3, 0.4) is 0 Å². The van der Waals surface area contributed by atoms with Crippen molar-refractivity contribution < 1.29 is 4.74 Å². The minimum absolute atomic E-state index is 0.208. The summed E-state index contributed by atoms with van der Waals surface area (Å²) in [7, 11) is 0. The van der Waals surface area contributed by atoms with Gasteiger partial charge in [-0.3, -0.25) is 9.88 Å². The number of hydrogen-bond donors (Lipinski definition) is 0. The van der Waals surface area contributed by atoms with Gasteiger partial charge in [-0.15, -0.1) is 0 Å². The highest BCUT2D eigenvalue weighted by Crippen LogP contribution is 2.23. The number of pyridine rings is 1. The van der Waals surface area contributed by atoms with Crippen molar-refractivity contribution in [2.24, 2.45) is 0 Å². The van der Waals surface area contributed by atoms with Crippen molar-refractivity contribution in [3.8, 4) is 0 Å². The van der Waals surface area contributed by atoms with Gasteiger partial charge in [0, 0.05) is 31.0 Å². The second-order valence-corrected chi connectivity index (χ2v) is 4.84. The normalized spacial score (nSPS) is 23.6. The minimum atomic E-state index is 0.208. The maximum Gasteiger partial charge on any atom is 0.0953 e. The van der Waals surface area contributed by atoms with Gasteiger partial charge in [-0.25, -0.2) is 0 Å². The zero-order chi connectivity index (χ0) is 12.3. The number of aromatic nitrogens is 1. The summed E-state index contributed by atoms with van der Waals surface area (Å²) in [6.45, 7) is 9.44. The van der Waals surface area contributed by atoms with Crippen LogP contribution in [0.25, 0.3) is 0 Å². The van der Waals surface area contributed by atoms with Crippen LogP contribution in [0.1, 0.15) is 37.6 Å². The zero-order valence-corrected chi connectivity index (χ0v) is 11.0. The number of aryl methyl sites for hydroxylation is 1. The maximum absolute atomic E-state index is 5.87. The summed E-state index contributed by atoms with van der Waals surface area (Å²) in [5.41, 5.74) is 2.32. The Kier molecular flexibility index (Phi) is 4.13. The lowest BCUT2D eigenvalue weighted by Gasteiger charge is -2.36. The summed E-state index contributed by atoms with van der Waals surface area (Å²) in [6, 6.07) is 4.84. The maximum atomic E-state index is 5.87. The Balaban J connectivity index is 2.07. The highest BCUT2D eigenvalue weighted by Gasteiger charge is 2.24. The first-order chi connectivity index (χ1) is 8.20. The van der Waals surface area contributed by atoms with Crippen LogP contribution in [0.4, 0.5) is 0 Å². The highest BCUT2D eigenvalue weighted by molar-refractivity contribution is 5.19. The number of nitrogens with zero attached hydrogens (tertiary/aromatic N) is 2. The van der Waals surface area contributed by atoms with Gasteiger partial charge in [-0.05, 0) is 38.0 Å². The summed E-state index contributed by atoms with van der Waals surface area (Å²) in [6.07, 6.45) is 3.28. The molecular weight excluding hydrogens is 212 g/mol. The Morgan fingerprint density at radius 1 is 1.59 bits per heavy atom. The van der Waals surface area contributed by atoms with Gasteiger partial charge in [0.25, 0.3) is 0 Å². The van der Waals surface area contributed by atoms with Gasteiger partial charge in [0.1, 0.15) is 0 Å². The van der Waals surface area contributed by atoms with Crippen LogP contribution in [0.5, 0.6) is 0 Å². The number of ether oxygens (including phenoxy) is 1. The van der Waals surface area contributed by atoms with Crippen molar-refractivity contribution in [2.75, 3.05) is 19.7 Å². The molecule has 2 atom stereocenters. The van der Waals surface area contributed by atoms with Gasteiger partial charge < -0.3 is 4.74 Å². The van der Waals surface area contributed by atoms with Crippen LogP contribution in [0, 0.1) is 6.92 Å². The van der Waals surface area contributed by atoms with Crippen molar-refractivity contribution in [1.29, 1.82) is 0 Å². The third-order valence-electron chi connectivity index (χ3n) is 3.60. The molecule has 1 aliphatic heterocycles. The monoisotopic (exact) mass is 234 g/mol. The molecule has 1 saturated heterocycles. The molecule has 0 radical (unpaired) electrons. The average Bonchev–Trinajstić information content (AvgIpc) is 2.38. The molecule has 2 heterocycles. The molecule has 0 spiro atoms. The smallest absolute Gasteiger partial charge is 0.0953 e. The van der Waals surface area contributed by atoms with Gasteiger partial charge in [0.15, 0.2) is 0 Å². The van der Waals surface area contributed by atoms with E-state index in [0.717, 1.165) is 25.4 Å². The summed E-state index contributed by atoms with van der Waals surface area (Å²) in [4.78, 5) is 6.75. The van der Waals surface area contributed by atoms with E-state index in [1.165, 1.54) is 12.0 Å². The predicted octanol–water partition coefficient (Wildman–Crippen LogP) is 2.56. The second-order valence-electron chi connectivity index (χ2n) is 4.84. The molecular formula is C14H22N2O. The fourth-order valence-electron chi connectivity index (χ4n) is 2.30. The van der Waals surface area contributed by atoms with Gasteiger partial charge >= 0.3 is 0 Å².